The van der Waals surface area contributed by atoms with Gasteiger partial charge in [-0.1, -0.05) is 4.49 Å². The van der Waals surface area contributed by atoms with Crippen molar-refractivity contribution < 1.29 is 19.1 Å². The molecule has 0 aliphatic rings. The van der Waals surface area contributed by atoms with Crippen LogP contribution in [-0.4, -0.2) is 26.6 Å². The molecule has 0 atom stereocenters. The highest BCUT2D eigenvalue weighted by Crippen LogP contribution is 2.19. The molecule has 1 aromatic carbocycles. The molecule has 98 valence electrons. The second-order valence-corrected chi connectivity index (χ2v) is 4.39. The van der Waals surface area contributed by atoms with Crippen molar-refractivity contribution in [2.24, 2.45) is 0 Å². The molecule has 0 bridgehead atoms. The Hall–Kier alpha value is -2.35. The molecule has 1 heterocycles. The van der Waals surface area contributed by atoms with Crippen LogP contribution in [0.5, 0.6) is 0 Å². The Balaban J connectivity index is 2.33. The number of aromatic nitrogens is 2. The van der Waals surface area contributed by atoms with Crippen LogP contribution in [0.3, 0.4) is 0 Å². The predicted octanol–water partition coefficient (Wildman–Crippen LogP) is 1.94. The van der Waals surface area contributed by atoms with Crippen molar-refractivity contribution in [3.63, 3.8) is 0 Å². The summed E-state index contributed by atoms with van der Waals surface area (Å²) >= 11 is 0.881. The van der Waals surface area contributed by atoms with E-state index in [0.29, 0.717) is 5.69 Å². The molecule has 0 aliphatic carbocycles. The monoisotopic (exact) mass is 281 g/mol. The van der Waals surface area contributed by atoms with Crippen molar-refractivity contribution in [3.05, 3.63) is 40.2 Å². The van der Waals surface area contributed by atoms with Crippen LogP contribution in [0.1, 0.15) is 25.7 Å². The normalized spacial score (nSPS) is 10.2. The molecule has 1 aromatic heterocycles. The van der Waals surface area contributed by atoms with Gasteiger partial charge < -0.3 is 10.4 Å². The Morgan fingerprint density at radius 1 is 1.42 bits per heavy atom. The Morgan fingerprint density at radius 2 is 2.16 bits per heavy atom. The van der Waals surface area contributed by atoms with E-state index >= 15 is 0 Å². The number of hydrogen-bond donors (Lipinski definition) is 2. The van der Waals surface area contributed by atoms with Gasteiger partial charge in [-0.05, 0) is 36.7 Å². The standard InChI is InChI=1S/C11H8FN3O3S/c1-5-9(19-15-14-5)10(16)13-8-4-6(12)2-3-7(8)11(17)18/h2-4H,1H3,(H,13,16)(H,17,18). The van der Waals surface area contributed by atoms with Gasteiger partial charge in [0.1, 0.15) is 10.7 Å². The number of carbonyl (C=O) groups is 2. The van der Waals surface area contributed by atoms with Gasteiger partial charge in [-0.3, -0.25) is 4.79 Å². The van der Waals surface area contributed by atoms with Crippen LogP contribution in [0.2, 0.25) is 0 Å². The Kier molecular flexibility index (Phi) is 3.52. The van der Waals surface area contributed by atoms with Crippen molar-refractivity contribution in [3.8, 4) is 0 Å². The summed E-state index contributed by atoms with van der Waals surface area (Å²) in [5.74, 6) is -2.46. The quantitative estimate of drug-likeness (QED) is 0.896. The lowest BCUT2D eigenvalue weighted by atomic mass is 10.1. The van der Waals surface area contributed by atoms with Gasteiger partial charge in [0.25, 0.3) is 5.91 Å². The topological polar surface area (TPSA) is 92.2 Å². The molecule has 0 saturated carbocycles. The van der Waals surface area contributed by atoms with E-state index in [-0.39, 0.29) is 16.1 Å². The minimum absolute atomic E-state index is 0.106. The van der Waals surface area contributed by atoms with E-state index in [1.807, 2.05) is 0 Å². The van der Waals surface area contributed by atoms with Gasteiger partial charge in [0, 0.05) is 0 Å². The van der Waals surface area contributed by atoms with E-state index in [1.165, 1.54) is 0 Å². The van der Waals surface area contributed by atoms with Crippen LogP contribution in [-0.2, 0) is 0 Å². The largest absolute Gasteiger partial charge is 0.478 e. The number of nitrogens with zero attached hydrogens (tertiary/aromatic N) is 2. The zero-order chi connectivity index (χ0) is 14.0. The molecule has 2 rings (SSSR count). The number of halogens is 1. The van der Waals surface area contributed by atoms with Crippen molar-refractivity contribution in [1.29, 1.82) is 0 Å². The number of hydrogen-bond acceptors (Lipinski definition) is 5. The lowest BCUT2D eigenvalue weighted by Crippen LogP contribution is -2.14. The summed E-state index contributed by atoms with van der Waals surface area (Å²) in [7, 11) is 0. The first-order valence-electron chi connectivity index (χ1n) is 5.12. The lowest BCUT2D eigenvalue weighted by Gasteiger charge is -2.07. The molecule has 0 aliphatic heterocycles. The first-order valence-corrected chi connectivity index (χ1v) is 5.89. The molecule has 2 N–H and O–H groups in total. The highest BCUT2D eigenvalue weighted by molar-refractivity contribution is 7.08. The number of carboxylic acids is 1. The fourth-order valence-corrected chi connectivity index (χ4v) is 1.98. The zero-order valence-corrected chi connectivity index (χ0v) is 10.5. The zero-order valence-electron chi connectivity index (χ0n) is 9.68. The average Bonchev–Trinajstić information content (AvgIpc) is 2.75. The summed E-state index contributed by atoms with van der Waals surface area (Å²) in [5, 5.41) is 15.0. The minimum Gasteiger partial charge on any atom is -0.478 e. The number of aromatic carboxylic acids is 1. The average molecular weight is 281 g/mol. The van der Waals surface area contributed by atoms with Crippen LogP contribution in [0.15, 0.2) is 18.2 Å². The summed E-state index contributed by atoms with van der Waals surface area (Å²) in [5.41, 5.74) is 0.131. The lowest BCUT2D eigenvalue weighted by molar-refractivity contribution is 0.0698. The number of carbonyl (C=O) groups excluding carboxylic acids is 1. The Bertz CT molecular complexity index is 656. The number of nitrogens with one attached hydrogen (secondary N) is 1. The molecule has 0 saturated heterocycles. The molecule has 0 fully saturated rings. The first kappa shape index (κ1) is 13.1. The number of anilines is 1. The van der Waals surface area contributed by atoms with E-state index < -0.39 is 17.7 Å². The predicted molar refractivity (Wildman–Crippen MR) is 66.0 cm³/mol. The molecular formula is C11H8FN3O3S. The second-order valence-electron chi connectivity index (χ2n) is 3.64. The van der Waals surface area contributed by atoms with Crippen LogP contribution < -0.4 is 5.32 Å². The van der Waals surface area contributed by atoms with Gasteiger partial charge >= 0.3 is 5.97 Å². The number of benzene rings is 1. The summed E-state index contributed by atoms with van der Waals surface area (Å²) < 4.78 is 16.7. The number of rotatable bonds is 3. The summed E-state index contributed by atoms with van der Waals surface area (Å²) in [6, 6.07) is 3.05. The Morgan fingerprint density at radius 3 is 2.74 bits per heavy atom. The van der Waals surface area contributed by atoms with E-state index in [0.717, 1.165) is 29.7 Å². The maximum Gasteiger partial charge on any atom is 0.337 e. The van der Waals surface area contributed by atoms with Crippen molar-refractivity contribution in [2.75, 3.05) is 5.32 Å². The van der Waals surface area contributed by atoms with E-state index in [9.17, 15) is 14.0 Å². The highest BCUT2D eigenvalue weighted by Gasteiger charge is 2.17. The Labute approximate surface area is 111 Å². The third-order valence-corrected chi connectivity index (χ3v) is 3.14. The summed E-state index contributed by atoms with van der Waals surface area (Å²) in [4.78, 5) is 23.1. The third-order valence-electron chi connectivity index (χ3n) is 2.32. The maximum absolute atomic E-state index is 13.1. The fraction of sp³-hybridized carbons (Fsp3) is 0.0909. The minimum atomic E-state index is -1.26. The molecule has 19 heavy (non-hydrogen) atoms. The fourth-order valence-electron chi connectivity index (χ4n) is 1.43. The molecule has 2 aromatic rings. The van der Waals surface area contributed by atoms with Crippen molar-refractivity contribution in [2.45, 2.75) is 6.92 Å². The summed E-state index contributed by atoms with van der Waals surface area (Å²) in [6.07, 6.45) is 0. The molecular weight excluding hydrogens is 273 g/mol. The number of aryl methyl sites for hydroxylation is 1. The molecule has 0 unspecified atom stereocenters. The summed E-state index contributed by atoms with van der Waals surface area (Å²) in [6.45, 7) is 1.60. The molecule has 0 radical (unpaired) electrons. The third kappa shape index (κ3) is 2.74. The number of amides is 1. The molecule has 6 nitrogen and oxygen atoms in total. The molecule has 8 heteroatoms. The number of carboxylic acid groups (broad SMARTS) is 1. The highest BCUT2D eigenvalue weighted by atomic mass is 32.1. The SMILES string of the molecule is Cc1nnsc1C(=O)Nc1cc(F)ccc1C(=O)O. The van der Waals surface area contributed by atoms with Crippen molar-refractivity contribution >= 4 is 29.1 Å². The van der Waals surface area contributed by atoms with Crippen molar-refractivity contribution in [1.82, 2.24) is 9.59 Å². The maximum atomic E-state index is 13.1. The van der Waals surface area contributed by atoms with Gasteiger partial charge in [0.05, 0.1) is 16.9 Å². The first-order chi connectivity index (χ1) is 8.99. The van der Waals surface area contributed by atoms with Gasteiger partial charge in [-0.25, -0.2) is 9.18 Å². The molecule has 1 amide bonds. The van der Waals surface area contributed by atoms with E-state index in [4.69, 9.17) is 5.11 Å². The smallest absolute Gasteiger partial charge is 0.337 e. The molecule has 0 spiro atoms. The van der Waals surface area contributed by atoms with Gasteiger partial charge in [0.2, 0.25) is 0 Å². The second kappa shape index (κ2) is 5.11. The van der Waals surface area contributed by atoms with E-state index in [2.05, 4.69) is 14.9 Å². The van der Waals surface area contributed by atoms with Gasteiger partial charge in [0.15, 0.2) is 0 Å². The van der Waals surface area contributed by atoms with Crippen LogP contribution >= 0.6 is 11.5 Å². The van der Waals surface area contributed by atoms with E-state index in [1.54, 1.807) is 6.92 Å². The van der Waals surface area contributed by atoms with Crippen LogP contribution in [0.4, 0.5) is 10.1 Å². The van der Waals surface area contributed by atoms with Crippen LogP contribution in [0.25, 0.3) is 0 Å². The van der Waals surface area contributed by atoms with Crippen LogP contribution in [0, 0.1) is 12.7 Å². The van der Waals surface area contributed by atoms with Gasteiger partial charge in [-0.15, -0.1) is 5.10 Å². The van der Waals surface area contributed by atoms with Gasteiger partial charge in [-0.2, -0.15) is 0 Å².